The maximum absolute atomic E-state index is 12.0. The molecule has 0 aliphatic heterocycles. The van der Waals surface area contributed by atoms with Crippen LogP contribution in [-0.2, 0) is 7.05 Å². The highest BCUT2D eigenvalue weighted by Gasteiger charge is 2.13. The van der Waals surface area contributed by atoms with E-state index in [2.05, 4.69) is 10.4 Å². The lowest BCUT2D eigenvalue weighted by atomic mass is 10.2. The van der Waals surface area contributed by atoms with Gasteiger partial charge in [0, 0.05) is 30.6 Å². The summed E-state index contributed by atoms with van der Waals surface area (Å²) in [4.78, 5) is 22.0. The van der Waals surface area contributed by atoms with Crippen LogP contribution in [0.4, 0.5) is 11.4 Å². The van der Waals surface area contributed by atoms with Gasteiger partial charge in [0.2, 0.25) is 0 Å². The first kappa shape index (κ1) is 12.7. The van der Waals surface area contributed by atoms with Gasteiger partial charge < -0.3 is 5.32 Å². The fourth-order valence-corrected chi connectivity index (χ4v) is 1.59. The fraction of sp³-hybridized carbons (Fsp3) is 0.167. The number of benzene rings is 1. The van der Waals surface area contributed by atoms with E-state index in [-0.39, 0.29) is 11.6 Å². The number of aryl methyl sites for hydroxylation is 1. The number of non-ortho nitro benzene ring substituents is 1. The molecule has 98 valence electrons. The molecule has 19 heavy (non-hydrogen) atoms. The Kier molecular flexibility index (Phi) is 3.28. The second-order valence-electron chi connectivity index (χ2n) is 4.03. The van der Waals surface area contributed by atoms with Crippen molar-refractivity contribution in [2.45, 2.75) is 6.92 Å². The number of nitrogens with zero attached hydrogens (tertiary/aromatic N) is 3. The van der Waals surface area contributed by atoms with Crippen LogP contribution < -0.4 is 5.32 Å². The third-order valence-electron chi connectivity index (χ3n) is 2.82. The van der Waals surface area contributed by atoms with Gasteiger partial charge in [-0.15, -0.1) is 0 Å². The van der Waals surface area contributed by atoms with Gasteiger partial charge in [0.25, 0.3) is 11.6 Å². The fourth-order valence-electron chi connectivity index (χ4n) is 1.59. The van der Waals surface area contributed by atoms with Gasteiger partial charge in [0.15, 0.2) is 0 Å². The van der Waals surface area contributed by atoms with E-state index in [1.54, 1.807) is 18.7 Å². The highest BCUT2D eigenvalue weighted by molar-refractivity contribution is 6.04. The van der Waals surface area contributed by atoms with E-state index in [1.165, 1.54) is 30.5 Å². The maximum Gasteiger partial charge on any atom is 0.269 e. The summed E-state index contributed by atoms with van der Waals surface area (Å²) in [5.74, 6) is -0.292. The lowest BCUT2D eigenvalue weighted by molar-refractivity contribution is -0.384. The lowest BCUT2D eigenvalue weighted by Crippen LogP contribution is -2.12. The normalized spacial score (nSPS) is 10.2. The van der Waals surface area contributed by atoms with Crippen molar-refractivity contribution in [3.63, 3.8) is 0 Å². The Bertz CT molecular complexity index is 631. The zero-order valence-corrected chi connectivity index (χ0v) is 10.5. The second-order valence-corrected chi connectivity index (χ2v) is 4.03. The van der Waals surface area contributed by atoms with Crippen molar-refractivity contribution >= 4 is 17.3 Å². The Morgan fingerprint density at radius 3 is 2.47 bits per heavy atom. The molecule has 7 nitrogen and oxygen atoms in total. The number of aromatic nitrogens is 2. The molecule has 0 aliphatic carbocycles. The maximum atomic E-state index is 12.0. The standard InChI is InChI=1S/C12H12N4O3/c1-8-11(7-13-15(8)2)12(17)14-9-3-5-10(6-4-9)16(18)19/h3-7H,1-2H3,(H,14,17). The van der Waals surface area contributed by atoms with Crippen LogP contribution in [0.1, 0.15) is 16.1 Å². The van der Waals surface area contributed by atoms with Gasteiger partial charge in [-0.3, -0.25) is 19.6 Å². The Hall–Kier alpha value is -2.70. The van der Waals surface area contributed by atoms with Crippen LogP contribution in [0.3, 0.4) is 0 Å². The topological polar surface area (TPSA) is 90.1 Å². The number of nitro groups is 1. The van der Waals surface area contributed by atoms with Crippen LogP contribution in [0.2, 0.25) is 0 Å². The Morgan fingerprint density at radius 1 is 1.37 bits per heavy atom. The van der Waals surface area contributed by atoms with Crippen molar-refractivity contribution in [1.29, 1.82) is 0 Å². The van der Waals surface area contributed by atoms with E-state index in [0.717, 1.165) is 5.69 Å². The molecule has 0 radical (unpaired) electrons. The lowest BCUT2D eigenvalue weighted by Gasteiger charge is -2.04. The molecule has 2 rings (SSSR count). The summed E-state index contributed by atoms with van der Waals surface area (Å²) in [5.41, 5.74) is 1.70. The molecule has 0 unspecified atom stereocenters. The molecular weight excluding hydrogens is 248 g/mol. The molecule has 0 bridgehead atoms. The highest BCUT2D eigenvalue weighted by atomic mass is 16.6. The van der Waals surface area contributed by atoms with Crippen molar-refractivity contribution in [3.8, 4) is 0 Å². The molecule has 0 aliphatic rings. The van der Waals surface area contributed by atoms with Gasteiger partial charge in [-0.2, -0.15) is 5.10 Å². The zero-order chi connectivity index (χ0) is 14.0. The van der Waals surface area contributed by atoms with Gasteiger partial charge in [-0.25, -0.2) is 0 Å². The monoisotopic (exact) mass is 260 g/mol. The largest absolute Gasteiger partial charge is 0.322 e. The summed E-state index contributed by atoms with van der Waals surface area (Å²) < 4.78 is 1.60. The molecule has 0 atom stereocenters. The van der Waals surface area contributed by atoms with Crippen LogP contribution in [-0.4, -0.2) is 20.6 Å². The molecule has 0 saturated carbocycles. The first-order valence-corrected chi connectivity index (χ1v) is 5.53. The second kappa shape index (κ2) is 4.89. The van der Waals surface area contributed by atoms with Gasteiger partial charge >= 0.3 is 0 Å². The number of amides is 1. The Labute approximate surface area is 109 Å². The van der Waals surface area contributed by atoms with Crippen molar-refractivity contribution in [3.05, 3.63) is 51.8 Å². The number of nitro benzene ring substituents is 1. The van der Waals surface area contributed by atoms with Crippen LogP contribution in [0, 0.1) is 17.0 Å². The molecule has 1 amide bonds. The Morgan fingerprint density at radius 2 is 2.00 bits per heavy atom. The van der Waals surface area contributed by atoms with Crippen molar-refractivity contribution < 1.29 is 9.72 Å². The molecule has 1 heterocycles. The number of hydrogen-bond acceptors (Lipinski definition) is 4. The average molecular weight is 260 g/mol. The minimum absolute atomic E-state index is 0.0180. The molecule has 1 aromatic heterocycles. The third-order valence-corrected chi connectivity index (χ3v) is 2.82. The first-order chi connectivity index (χ1) is 8.99. The van der Waals surface area contributed by atoms with Crippen LogP contribution >= 0.6 is 0 Å². The number of carbonyl (C=O) groups excluding carboxylic acids is 1. The first-order valence-electron chi connectivity index (χ1n) is 5.53. The third kappa shape index (κ3) is 2.59. The average Bonchev–Trinajstić information content (AvgIpc) is 2.70. The number of nitrogens with one attached hydrogen (secondary N) is 1. The Balaban J connectivity index is 2.15. The number of carbonyl (C=O) groups is 1. The van der Waals surface area contributed by atoms with Crippen LogP contribution in [0.25, 0.3) is 0 Å². The highest BCUT2D eigenvalue weighted by Crippen LogP contribution is 2.16. The van der Waals surface area contributed by atoms with E-state index in [4.69, 9.17) is 0 Å². The molecule has 0 fully saturated rings. The predicted octanol–water partition coefficient (Wildman–Crippen LogP) is 1.89. The van der Waals surface area contributed by atoms with E-state index >= 15 is 0 Å². The zero-order valence-electron chi connectivity index (χ0n) is 10.5. The van der Waals surface area contributed by atoms with Gasteiger partial charge in [-0.1, -0.05) is 0 Å². The molecule has 1 aromatic carbocycles. The van der Waals surface area contributed by atoms with Crippen molar-refractivity contribution in [1.82, 2.24) is 9.78 Å². The summed E-state index contributed by atoms with van der Waals surface area (Å²) in [5, 5.41) is 17.2. The van der Waals surface area contributed by atoms with Gasteiger partial charge in [0.1, 0.15) is 0 Å². The SMILES string of the molecule is Cc1c(C(=O)Nc2ccc([N+](=O)[O-])cc2)cnn1C. The smallest absolute Gasteiger partial charge is 0.269 e. The minimum Gasteiger partial charge on any atom is -0.322 e. The summed E-state index contributed by atoms with van der Waals surface area (Å²) in [6.45, 7) is 1.79. The molecular formula is C12H12N4O3. The van der Waals surface area contributed by atoms with Crippen LogP contribution in [0.15, 0.2) is 30.5 Å². The number of rotatable bonds is 3. The minimum atomic E-state index is -0.489. The van der Waals surface area contributed by atoms with Crippen molar-refractivity contribution in [2.24, 2.45) is 7.05 Å². The summed E-state index contributed by atoms with van der Waals surface area (Å²) in [7, 11) is 1.75. The van der Waals surface area contributed by atoms with Gasteiger partial charge in [0.05, 0.1) is 16.7 Å². The van der Waals surface area contributed by atoms with E-state index in [1.807, 2.05) is 0 Å². The molecule has 1 N–H and O–H groups in total. The quantitative estimate of drug-likeness (QED) is 0.674. The van der Waals surface area contributed by atoms with E-state index in [9.17, 15) is 14.9 Å². The predicted molar refractivity (Wildman–Crippen MR) is 69.0 cm³/mol. The van der Waals surface area contributed by atoms with Gasteiger partial charge in [-0.05, 0) is 19.1 Å². The molecule has 0 spiro atoms. The van der Waals surface area contributed by atoms with E-state index < -0.39 is 4.92 Å². The molecule has 7 heteroatoms. The summed E-state index contributed by atoms with van der Waals surface area (Å²) >= 11 is 0. The summed E-state index contributed by atoms with van der Waals surface area (Å²) in [6.07, 6.45) is 1.48. The van der Waals surface area contributed by atoms with E-state index in [0.29, 0.717) is 11.3 Å². The molecule has 0 saturated heterocycles. The number of hydrogen-bond donors (Lipinski definition) is 1. The molecule has 2 aromatic rings. The van der Waals surface area contributed by atoms with Crippen LogP contribution in [0.5, 0.6) is 0 Å². The van der Waals surface area contributed by atoms with Crippen molar-refractivity contribution in [2.75, 3.05) is 5.32 Å². The summed E-state index contributed by atoms with van der Waals surface area (Å²) in [6, 6.07) is 5.65. The number of anilines is 1.